The Morgan fingerprint density at radius 3 is 2.12 bits per heavy atom. The van der Waals surface area contributed by atoms with Crippen LogP contribution in [0.15, 0.2) is 0 Å². The quantitative estimate of drug-likeness (QED) is 0.576. The number of ketones is 1. The molecule has 1 atom stereocenters. The molecule has 0 spiro atoms. The highest BCUT2D eigenvalue weighted by Crippen LogP contribution is 2.21. The number of aliphatic hydroxyl groups is 1. The van der Waals surface area contributed by atoms with Crippen LogP contribution in [0.25, 0.3) is 0 Å². The Morgan fingerprint density at radius 2 is 1.62 bits per heavy atom. The van der Waals surface area contributed by atoms with Gasteiger partial charge in [0.05, 0.1) is 5.60 Å². The molecule has 1 N–H and O–H groups in total. The summed E-state index contributed by atoms with van der Waals surface area (Å²) in [5.74, 6) is 0.273. The van der Waals surface area contributed by atoms with Crippen LogP contribution in [0.5, 0.6) is 0 Å². The van der Waals surface area contributed by atoms with Gasteiger partial charge in [0.25, 0.3) is 0 Å². The summed E-state index contributed by atoms with van der Waals surface area (Å²) in [5, 5.41) is 10.1. The van der Waals surface area contributed by atoms with Crippen LogP contribution in [0.1, 0.15) is 78.6 Å². The van der Waals surface area contributed by atoms with Crippen LogP contribution in [-0.4, -0.2) is 16.5 Å². The minimum atomic E-state index is -0.495. The highest BCUT2D eigenvalue weighted by atomic mass is 16.3. The van der Waals surface area contributed by atoms with Gasteiger partial charge in [0.2, 0.25) is 0 Å². The average molecular weight is 228 g/mol. The van der Waals surface area contributed by atoms with Crippen LogP contribution >= 0.6 is 0 Å². The Bertz CT molecular complexity index is 185. The lowest BCUT2D eigenvalue weighted by Gasteiger charge is -2.23. The number of hydrogen-bond acceptors (Lipinski definition) is 2. The van der Waals surface area contributed by atoms with Crippen molar-refractivity contribution in [2.75, 3.05) is 0 Å². The van der Waals surface area contributed by atoms with Gasteiger partial charge in [0, 0.05) is 6.42 Å². The Hall–Kier alpha value is -0.370. The molecule has 16 heavy (non-hydrogen) atoms. The minimum absolute atomic E-state index is 0.273. The van der Waals surface area contributed by atoms with E-state index in [1.165, 1.54) is 12.8 Å². The maximum absolute atomic E-state index is 10.7. The fraction of sp³-hybridized carbons (Fsp3) is 0.929. The van der Waals surface area contributed by atoms with Gasteiger partial charge in [-0.15, -0.1) is 0 Å². The van der Waals surface area contributed by atoms with E-state index in [9.17, 15) is 9.90 Å². The average Bonchev–Trinajstić information content (AvgIpc) is 2.16. The number of carbonyl (C=O) groups excluding carboxylic acids is 1. The lowest BCUT2D eigenvalue weighted by atomic mass is 9.92. The van der Waals surface area contributed by atoms with Gasteiger partial charge < -0.3 is 9.90 Å². The van der Waals surface area contributed by atoms with E-state index in [1.54, 1.807) is 6.92 Å². The molecule has 0 saturated carbocycles. The van der Waals surface area contributed by atoms with E-state index in [0.29, 0.717) is 6.42 Å². The van der Waals surface area contributed by atoms with Gasteiger partial charge in [-0.25, -0.2) is 0 Å². The molecule has 0 radical (unpaired) electrons. The molecule has 0 aliphatic carbocycles. The molecule has 0 aromatic heterocycles. The molecular formula is C14H28O2. The lowest BCUT2D eigenvalue weighted by molar-refractivity contribution is -0.117. The van der Waals surface area contributed by atoms with Crippen LogP contribution in [0.4, 0.5) is 0 Å². The molecule has 0 rings (SSSR count). The molecular weight excluding hydrogens is 200 g/mol. The van der Waals surface area contributed by atoms with Crippen molar-refractivity contribution in [2.45, 2.75) is 84.2 Å². The summed E-state index contributed by atoms with van der Waals surface area (Å²) in [5.41, 5.74) is -0.495. The number of Topliss-reactive ketones (excluding diaryl/α,β-unsaturated/α-hetero) is 1. The summed E-state index contributed by atoms with van der Waals surface area (Å²) in [6, 6.07) is 0. The van der Waals surface area contributed by atoms with Crippen LogP contribution in [0.2, 0.25) is 0 Å². The molecule has 96 valence electrons. The van der Waals surface area contributed by atoms with Crippen LogP contribution in [0, 0.1) is 0 Å². The van der Waals surface area contributed by atoms with E-state index in [1.807, 2.05) is 6.92 Å². The third-order valence-corrected chi connectivity index (χ3v) is 3.06. The molecule has 0 aromatic rings. The second-order valence-corrected chi connectivity index (χ2v) is 5.22. The molecule has 0 aliphatic heterocycles. The van der Waals surface area contributed by atoms with Crippen molar-refractivity contribution in [1.82, 2.24) is 0 Å². The summed E-state index contributed by atoms with van der Waals surface area (Å²) >= 11 is 0. The van der Waals surface area contributed by atoms with Crippen molar-refractivity contribution in [3.05, 3.63) is 0 Å². The molecule has 0 fully saturated rings. The molecule has 0 bridgehead atoms. The van der Waals surface area contributed by atoms with Gasteiger partial charge >= 0.3 is 0 Å². The Morgan fingerprint density at radius 1 is 1.06 bits per heavy atom. The first-order valence-electron chi connectivity index (χ1n) is 6.70. The zero-order chi connectivity index (χ0) is 12.4. The fourth-order valence-electron chi connectivity index (χ4n) is 1.94. The largest absolute Gasteiger partial charge is 0.390 e. The minimum Gasteiger partial charge on any atom is -0.390 e. The molecule has 0 aliphatic rings. The molecule has 0 saturated heterocycles. The Kier molecular flexibility index (Phi) is 8.54. The molecule has 0 heterocycles. The van der Waals surface area contributed by atoms with E-state index in [0.717, 1.165) is 38.5 Å². The highest BCUT2D eigenvalue weighted by Gasteiger charge is 2.18. The maximum Gasteiger partial charge on any atom is 0.129 e. The van der Waals surface area contributed by atoms with Crippen LogP contribution in [-0.2, 0) is 4.79 Å². The number of unbranched alkanes of at least 4 members (excludes halogenated alkanes) is 4. The van der Waals surface area contributed by atoms with E-state index >= 15 is 0 Å². The van der Waals surface area contributed by atoms with Crippen molar-refractivity contribution in [2.24, 2.45) is 0 Å². The van der Waals surface area contributed by atoms with Crippen LogP contribution < -0.4 is 0 Å². The number of rotatable bonds is 10. The third kappa shape index (κ3) is 10.2. The molecule has 2 heteroatoms. The van der Waals surface area contributed by atoms with E-state index in [4.69, 9.17) is 0 Å². The van der Waals surface area contributed by atoms with Crippen molar-refractivity contribution in [3.63, 3.8) is 0 Å². The van der Waals surface area contributed by atoms with Crippen molar-refractivity contribution < 1.29 is 9.90 Å². The zero-order valence-corrected chi connectivity index (χ0v) is 11.2. The van der Waals surface area contributed by atoms with E-state index in [-0.39, 0.29) is 5.78 Å². The Balaban J connectivity index is 3.46. The summed E-state index contributed by atoms with van der Waals surface area (Å²) in [6.07, 6.45) is 9.07. The predicted octanol–water partition coefficient (Wildman–Crippen LogP) is 3.86. The van der Waals surface area contributed by atoms with Gasteiger partial charge in [-0.1, -0.05) is 39.0 Å². The number of carbonyl (C=O) groups is 1. The van der Waals surface area contributed by atoms with Gasteiger partial charge in [-0.05, 0) is 33.1 Å². The second kappa shape index (κ2) is 8.74. The SMILES string of the molecule is CCCCCC(C)(O)CCCCCC(C)=O. The molecule has 1 unspecified atom stereocenters. The first kappa shape index (κ1) is 15.6. The fourth-order valence-corrected chi connectivity index (χ4v) is 1.94. The van der Waals surface area contributed by atoms with Gasteiger partial charge in [0.15, 0.2) is 0 Å². The summed E-state index contributed by atoms with van der Waals surface area (Å²) in [4.78, 5) is 10.7. The van der Waals surface area contributed by atoms with Crippen LogP contribution in [0.3, 0.4) is 0 Å². The van der Waals surface area contributed by atoms with Gasteiger partial charge in [0.1, 0.15) is 5.78 Å². The molecule has 2 nitrogen and oxygen atoms in total. The predicted molar refractivity (Wildman–Crippen MR) is 68.5 cm³/mol. The summed E-state index contributed by atoms with van der Waals surface area (Å²) in [7, 11) is 0. The smallest absolute Gasteiger partial charge is 0.129 e. The van der Waals surface area contributed by atoms with Crippen molar-refractivity contribution in [3.8, 4) is 0 Å². The van der Waals surface area contributed by atoms with Gasteiger partial charge in [-0.2, -0.15) is 0 Å². The first-order chi connectivity index (χ1) is 7.48. The normalized spacial score (nSPS) is 14.8. The Labute approximate surface area is 100 Å². The zero-order valence-electron chi connectivity index (χ0n) is 11.2. The summed E-state index contributed by atoms with van der Waals surface area (Å²) in [6.45, 7) is 5.75. The highest BCUT2D eigenvalue weighted by molar-refractivity contribution is 5.75. The first-order valence-corrected chi connectivity index (χ1v) is 6.70. The van der Waals surface area contributed by atoms with E-state index in [2.05, 4.69) is 6.92 Å². The topological polar surface area (TPSA) is 37.3 Å². The van der Waals surface area contributed by atoms with Crippen molar-refractivity contribution in [1.29, 1.82) is 0 Å². The van der Waals surface area contributed by atoms with Crippen molar-refractivity contribution >= 4 is 5.78 Å². The summed E-state index contributed by atoms with van der Waals surface area (Å²) < 4.78 is 0. The monoisotopic (exact) mass is 228 g/mol. The molecule has 0 aromatic carbocycles. The standard InChI is InChI=1S/C14H28O2/c1-4-5-8-11-14(3,16)12-9-6-7-10-13(2)15/h16H,4-12H2,1-3H3. The number of hydrogen-bond donors (Lipinski definition) is 1. The van der Waals surface area contributed by atoms with Gasteiger partial charge in [-0.3, -0.25) is 0 Å². The molecule has 0 amide bonds. The third-order valence-electron chi connectivity index (χ3n) is 3.06. The maximum atomic E-state index is 10.7. The van der Waals surface area contributed by atoms with E-state index < -0.39 is 5.60 Å². The lowest BCUT2D eigenvalue weighted by Crippen LogP contribution is -2.23. The second-order valence-electron chi connectivity index (χ2n) is 5.22.